The second kappa shape index (κ2) is 50.6. The quantitative estimate of drug-likeness (QED) is 0.0480. The minimum atomic E-state index is -0.0527. The smallest absolute Gasteiger partial charge is 0.306 e. The summed E-state index contributed by atoms with van der Waals surface area (Å²) in [5, 5.41) is 0. The number of hydrogen-bond donors (Lipinski definition) is 0. The molecule has 0 radical (unpaired) electrons. The molecule has 0 bridgehead atoms. The van der Waals surface area contributed by atoms with Gasteiger partial charge in [-0.25, -0.2) is 0 Å². The lowest BCUT2D eigenvalue weighted by Gasteiger charge is -2.03. The van der Waals surface area contributed by atoms with Crippen LogP contribution in [-0.4, -0.2) is 53.9 Å². The summed E-state index contributed by atoms with van der Waals surface area (Å²) in [7, 11) is 0. The first kappa shape index (κ1) is 51.6. The molecule has 0 saturated heterocycles. The normalized spacial score (nSPS) is 10.6. The van der Waals surface area contributed by atoms with Crippen LogP contribution in [0.2, 0.25) is 0 Å². The number of carbonyl (C=O) groups excluding carboxylic acids is 2. The van der Waals surface area contributed by atoms with Gasteiger partial charge in [0.05, 0.1) is 13.0 Å². The Kier molecular flexibility index (Phi) is 55.5. The molecule has 0 spiro atoms. The fourth-order valence-corrected chi connectivity index (χ4v) is 7.13. The summed E-state index contributed by atoms with van der Waals surface area (Å²) in [6.45, 7) is 8.54. The van der Waals surface area contributed by atoms with Crippen molar-refractivity contribution in [2.24, 2.45) is 0 Å². The molecular weight excluding hydrogens is 637 g/mol. The summed E-state index contributed by atoms with van der Waals surface area (Å²) in [5.41, 5.74) is 0. The SMILES string of the molecule is CCCCCCCCCCCCCCCCCCSC.CCCCCCCCCCCCSCCC(=O)OCC.CSCCC(C)=O. The number of unbranched alkanes of at least 4 members (excludes halogenated alkanes) is 24. The van der Waals surface area contributed by atoms with E-state index >= 15 is 0 Å². The predicted octanol–water partition coefficient (Wildman–Crippen LogP) is 14.5. The van der Waals surface area contributed by atoms with Gasteiger partial charge in [0, 0.05) is 12.2 Å². The molecule has 0 aliphatic rings. The van der Waals surface area contributed by atoms with Crippen LogP contribution in [-0.2, 0) is 14.3 Å². The highest BCUT2D eigenvalue weighted by atomic mass is 32.2. The largest absolute Gasteiger partial charge is 0.466 e. The predicted molar refractivity (Wildman–Crippen MR) is 222 cm³/mol. The summed E-state index contributed by atoms with van der Waals surface area (Å²) in [6.07, 6.45) is 42.8. The standard InChI is InChI=1S/C19H40S.C17H34O2S.C5H10OS/c1-3-4-5-6-7-8-9-10-11-12-13-14-15-16-17-18-19-20-2;1-3-5-6-7-8-9-10-11-12-13-15-20-16-14-17(18)19-4-2;1-5(6)3-4-7-2/h3-19H2,1-2H3;3-16H2,1-2H3;3-4H2,1-2H3. The van der Waals surface area contributed by atoms with Crippen LogP contribution in [0.3, 0.4) is 0 Å². The third kappa shape index (κ3) is 58.7. The Hall–Kier alpha value is 0.190. The Morgan fingerprint density at radius 3 is 1.06 bits per heavy atom. The minimum absolute atomic E-state index is 0.0527. The van der Waals surface area contributed by atoms with Gasteiger partial charge < -0.3 is 4.74 Å². The maximum absolute atomic E-state index is 11.1. The highest BCUT2D eigenvalue weighted by Gasteiger charge is 2.01. The van der Waals surface area contributed by atoms with Gasteiger partial charge in [-0.1, -0.05) is 168 Å². The molecule has 3 nitrogen and oxygen atoms in total. The molecule has 0 atom stereocenters. The van der Waals surface area contributed by atoms with Crippen LogP contribution >= 0.6 is 35.3 Å². The first-order valence-electron chi connectivity index (χ1n) is 20.2. The fourth-order valence-electron chi connectivity index (χ4n) is 5.22. The molecule has 6 heteroatoms. The van der Waals surface area contributed by atoms with Gasteiger partial charge in [0.2, 0.25) is 0 Å². The number of carbonyl (C=O) groups is 2. The number of esters is 1. The average Bonchev–Trinajstić information content (AvgIpc) is 3.06. The van der Waals surface area contributed by atoms with Crippen LogP contribution < -0.4 is 0 Å². The van der Waals surface area contributed by atoms with E-state index in [-0.39, 0.29) is 11.8 Å². The van der Waals surface area contributed by atoms with Crippen LogP contribution in [0.5, 0.6) is 0 Å². The molecule has 0 aromatic rings. The van der Waals surface area contributed by atoms with Crippen LogP contribution in [0.4, 0.5) is 0 Å². The van der Waals surface area contributed by atoms with Crippen LogP contribution in [0.15, 0.2) is 0 Å². The molecule has 0 amide bonds. The molecular formula is C41H84O3S3. The van der Waals surface area contributed by atoms with Crippen LogP contribution in [0.1, 0.15) is 207 Å². The van der Waals surface area contributed by atoms with E-state index in [1.165, 1.54) is 178 Å². The summed E-state index contributed by atoms with van der Waals surface area (Å²) in [5.74, 6) is 4.66. The Labute approximate surface area is 309 Å². The minimum Gasteiger partial charge on any atom is -0.466 e. The van der Waals surface area contributed by atoms with Crippen molar-refractivity contribution in [1.82, 2.24) is 0 Å². The van der Waals surface area contributed by atoms with Gasteiger partial charge in [-0.05, 0) is 56.5 Å². The first-order chi connectivity index (χ1) is 23.0. The number of ether oxygens (including phenoxy) is 1. The van der Waals surface area contributed by atoms with E-state index in [9.17, 15) is 9.59 Å². The number of ketones is 1. The summed E-state index contributed by atoms with van der Waals surface area (Å²) >= 11 is 5.58. The van der Waals surface area contributed by atoms with Crippen LogP contribution in [0.25, 0.3) is 0 Å². The number of thioether (sulfide) groups is 3. The molecule has 0 aromatic heterocycles. The van der Waals surface area contributed by atoms with Crippen molar-refractivity contribution < 1.29 is 14.3 Å². The van der Waals surface area contributed by atoms with E-state index < -0.39 is 0 Å². The third-order valence-corrected chi connectivity index (χ3v) is 10.6. The van der Waals surface area contributed by atoms with Gasteiger partial charge in [0.25, 0.3) is 0 Å². The van der Waals surface area contributed by atoms with E-state index in [0.29, 0.717) is 13.0 Å². The molecule has 284 valence electrons. The van der Waals surface area contributed by atoms with E-state index in [4.69, 9.17) is 4.74 Å². The van der Waals surface area contributed by atoms with Crippen molar-refractivity contribution in [3.63, 3.8) is 0 Å². The number of Topliss-reactive ketones (excluding diaryl/α,β-unsaturated/α-hetero) is 1. The highest BCUT2D eigenvalue weighted by Crippen LogP contribution is 2.15. The molecule has 47 heavy (non-hydrogen) atoms. The summed E-state index contributed by atoms with van der Waals surface area (Å²) in [6, 6.07) is 0. The third-order valence-electron chi connectivity index (χ3n) is 8.26. The van der Waals surface area contributed by atoms with Gasteiger partial charge in [-0.2, -0.15) is 35.3 Å². The van der Waals surface area contributed by atoms with Gasteiger partial charge in [-0.15, -0.1) is 0 Å². The van der Waals surface area contributed by atoms with Gasteiger partial charge in [-0.3, -0.25) is 9.59 Å². The van der Waals surface area contributed by atoms with Gasteiger partial charge >= 0.3 is 5.97 Å². The zero-order valence-corrected chi connectivity index (χ0v) is 35.2. The Bertz CT molecular complexity index is 556. The Balaban J connectivity index is -0.000000685. The average molecular weight is 721 g/mol. The van der Waals surface area contributed by atoms with Crippen molar-refractivity contribution in [3.05, 3.63) is 0 Å². The first-order valence-corrected chi connectivity index (χ1v) is 24.1. The zero-order chi connectivity index (χ0) is 35.3. The number of rotatable bonds is 35. The molecule has 0 aromatic carbocycles. The van der Waals surface area contributed by atoms with Crippen molar-refractivity contribution in [3.8, 4) is 0 Å². The molecule has 0 fully saturated rings. The molecule has 0 heterocycles. The van der Waals surface area contributed by atoms with Crippen molar-refractivity contribution in [2.75, 3.05) is 42.1 Å². The zero-order valence-electron chi connectivity index (χ0n) is 32.8. The Morgan fingerprint density at radius 1 is 0.426 bits per heavy atom. The van der Waals surface area contributed by atoms with Gasteiger partial charge in [0.15, 0.2) is 0 Å². The molecule has 0 unspecified atom stereocenters. The maximum Gasteiger partial charge on any atom is 0.306 e. The Morgan fingerprint density at radius 2 is 0.766 bits per heavy atom. The van der Waals surface area contributed by atoms with E-state index in [1.807, 2.05) is 36.7 Å². The van der Waals surface area contributed by atoms with Crippen LogP contribution in [0, 0.1) is 0 Å². The van der Waals surface area contributed by atoms with Crippen molar-refractivity contribution >= 4 is 47.0 Å². The van der Waals surface area contributed by atoms with E-state index in [2.05, 4.69) is 20.1 Å². The second-order valence-electron chi connectivity index (χ2n) is 13.1. The summed E-state index contributed by atoms with van der Waals surface area (Å²) < 4.78 is 4.90. The molecule has 0 N–H and O–H groups in total. The van der Waals surface area contributed by atoms with Crippen molar-refractivity contribution in [1.29, 1.82) is 0 Å². The highest BCUT2D eigenvalue weighted by molar-refractivity contribution is 7.99. The van der Waals surface area contributed by atoms with E-state index in [0.717, 1.165) is 17.9 Å². The molecule has 0 aliphatic carbocycles. The molecule has 0 rings (SSSR count). The lowest BCUT2D eigenvalue weighted by Crippen LogP contribution is -2.04. The second-order valence-corrected chi connectivity index (χ2v) is 16.3. The topological polar surface area (TPSA) is 43.4 Å². The van der Waals surface area contributed by atoms with Crippen molar-refractivity contribution in [2.45, 2.75) is 207 Å². The van der Waals surface area contributed by atoms with Gasteiger partial charge in [0.1, 0.15) is 5.78 Å². The fraction of sp³-hybridized carbons (Fsp3) is 0.951. The maximum atomic E-state index is 11.1. The van der Waals surface area contributed by atoms with E-state index in [1.54, 1.807) is 18.7 Å². The lowest BCUT2D eigenvalue weighted by molar-refractivity contribution is -0.142. The molecule has 0 aliphatic heterocycles. The lowest BCUT2D eigenvalue weighted by atomic mass is 10.0. The molecule has 0 saturated carbocycles. The number of hydrogen-bond acceptors (Lipinski definition) is 6. The monoisotopic (exact) mass is 721 g/mol. The summed E-state index contributed by atoms with van der Waals surface area (Å²) in [4.78, 5) is 21.3.